The lowest BCUT2D eigenvalue weighted by molar-refractivity contribution is 0.0956. The van der Waals surface area contributed by atoms with Gasteiger partial charge < -0.3 is 0 Å². The van der Waals surface area contributed by atoms with Crippen LogP contribution in [0.1, 0.15) is 56.3 Å². The van der Waals surface area contributed by atoms with Crippen LogP contribution in [0.25, 0.3) is 0 Å². The molecule has 0 aliphatic carbocycles. The fraction of sp³-hybridized carbons (Fsp3) is 0.571. The van der Waals surface area contributed by atoms with E-state index in [1.165, 1.54) is 19.3 Å². The molecule has 0 radical (unpaired) electrons. The number of pyridine rings is 1. The van der Waals surface area contributed by atoms with Crippen molar-refractivity contribution in [3.05, 3.63) is 30.1 Å². The first-order valence-corrected chi connectivity index (χ1v) is 6.21. The lowest BCUT2D eigenvalue weighted by Crippen LogP contribution is -2.08. The number of rotatable bonds is 7. The zero-order chi connectivity index (χ0) is 11.8. The molecule has 0 bridgehead atoms. The monoisotopic (exact) mass is 219 g/mol. The lowest BCUT2D eigenvalue weighted by atomic mass is 9.92. The first kappa shape index (κ1) is 12.9. The molecule has 1 unspecified atom stereocenters. The van der Waals surface area contributed by atoms with E-state index in [0.717, 1.165) is 12.0 Å². The Bertz CT molecular complexity index is 308. The van der Waals surface area contributed by atoms with Gasteiger partial charge in [0, 0.05) is 24.4 Å². The minimum Gasteiger partial charge on any atom is -0.294 e. The van der Waals surface area contributed by atoms with Gasteiger partial charge in [-0.05, 0) is 18.1 Å². The Morgan fingerprint density at radius 2 is 2.25 bits per heavy atom. The molecule has 1 atom stereocenters. The van der Waals surface area contributed by atoms with E-state index in [-0.39, 0.29) is 5.78 Å². The standard InChI is InChI=1S/C14H21NO/c1-3-5-7-12(4-2)10-14(16)13-8-6-9-15-11-13/h6,8-9,11-12H,3-5,7,10H2,1-2H3. The Morgan fingerprint density at radius 3 is 2.81 bits per heavy atom. The summed E-state index contributed by atoms with van der Waals surface area (Å²) in [5.74, 6) is 0.767. The van der Waals surface area contributed by atoms with Gasteiger partial charge >= 0.3 is 0 Å². The van der Waals surface area contributed by atoms with Crippen LogP contribution in [-0.2, 0) is 0 Å². The second-order valence-electron chi connectivity index (χ2n) is 4.29. The fourth-order valence-corrected chi connectivity index (χ4v) is 1.85. The van der Waals surface area contributed by atoms with Crippen molar-refractivity contribution in [1.82, 2.24) is 4.98 Å². The average Bonchev–Trinajstić information content (AvgIpc) is 2.35. The molecular formula is C14H21NO. The third kappa shape index (κ3) is 4.13. The molecule has 0 saturated heterocycles. The lowest BCUT2D eigenvalue weighted by Gasteiger charge is -2.12. The maximum Gasteiger partial charge on any atom is 0.164 e. The van der Waals surface area contributed by atoms with Crippen LogP contribution < -0.4 is 0 Å². The molecule has 88 valence electrons. The van der Waals surface area contributed by atoms with Gasteiger partial charge in [-0.2, -0.15) is 0 Å². The van der Waals surface area contributed by atoms with Crippen molar-refractivity contribution < 1.29 is 4.79 Å². The Balaban J connectivity index is 2.49. The molecule has 1 rings (SSSR count). The molecule has 0 N–H and O–H groups in total. The number of aromatic nitrogens is 1. The van der Waals surface area contributed by atoms with Crippen LogP contribution in [0.3, 0.4) is 0 Å². The summed E-state index contributed by atoms with van der Waals surface area (Å²) in [5.41, 5.74) is 0.748. The van der Waals surface area contributed by atoms with Crippen LogP contribution in [0, 0.1) is 5.92 Å². The molecule has 0 fully saturated rings. The second kappa shape index (κ2) is 7.15. The van der Waals surface area contributed by atoms with E-state index in [4.69, 9.17) is 0 Å². The molecule has 0 spiro atoms. The van der Waals surface area contributed by atoms with Crippen LogP contribution >= 0.6 is 0 Å². The van der Waals surface area contributed by atoms with Crippen molar-refractivity contribution in [2.75, 3.05) is 0 Å². The number of unbranched alkanes of at least 4 members (excludes halogenated alkanes) is 1. The molecular weight excluding hydrogens is 198 g/mol. The van der Waals surface area contributed by atoms with Crippen molar-refractivity contribution in [3.63, 3.8) is 0 Å². The van der Waals surface area contributed by atoms with Crippen LogP contribution in [0.2, 0.25) is 0 Å². The molecule has 0 aliphatic heterocycles. The molecule has 1 aromatic rings. The van der Waals surface area contributed by atoms with E-state index in [1.54, 1.807) is 12.4 Å². The number of nitrogens with zero attached hydrogens (tertiary/aromatic N) is 1. The first-order chi connectivity index (χ1) is 7.77. The third-order valence-electron chi connectivity index (χ3n) is 3.00. The summed E-state index contributed by atoms with van der Waals surface area (Å²) >= 11 is 0. The average molecular weight is 219 g/mol. The number of carbonyl (C=O) groups excluding carboxylic acids is 1. The van der Waals surface area contributed by atoms with Crippen LogP contribution in [0.15, 0.2) is 24.5 Å². The number of carbonyl (C=O) groups is 1. The highest BCUT2D eigenvalue weighted by atomic mass is 16.1. The van der Waals surface area contributed by atoms with Gasteiger partial charge in [0.1, 0.15) is 0 Å². The SMILES string of the molecule is CCCCC(CC)CC(=O)c1cccnc1. The van der Waals surface area contributed by atoms with Gasteiger partial charge in [-0.25, -0.2) is 0 Å². The summed E-state index contributed by atoms with van der Waals surface area (Å²) in [6.45, 7) is 4.35. The van der Waals surface area contributed by atoms with E-state index in [2.05, 4.69) is 18.8 Å². The number of hydrogen-bond acceptors (Lipinski definition) is 2. The highest BCUT2D eigenvalue weighted by molar-refractivity contribution is 5.95. The van der Waals surface area contributed by atoms with Gasteiger partial charge in [-0.3, -0.25) is 9.78 Å². The summed E-state index contributed by atoms with van der Waals surface area (Å²) in [6, 6.07) is 3.67. The van der Waals surface area contributed by atoms with E-state index in [9.17, 15) is 4.79 Å². The quantitative estimate of drug-likeness (QED) is 0.651. The van der Waals surface area contributed by atoms with Crippen LogP contribution in [-0.4, -0.2) is 10.8 Å². The van der Waals surface area contributed by atoms with Crippen molar-refractivity contribution >= 4 is 5.78 Å². The van der Waals surface area contributed by atoms with Crippen LogP contribution in [0.4, 0.5) is 0 Å². The summed E-state index contributed by atoms with van der Waals surface area (Å²) in [6.07, 6.45) is 8.71. The van der Waals surface area contributed by atoms with Crippen molar-refractivity contribution in [2.45, 2.75) is 46.0 Å². The van der Waals surface area contributed by atoms with Gasteiger partial charge in [-0.1, -0.05) is 39.5 Å². The molecule has 1 aromatic heterocycles. The molecule has 16 heavy (non-hydrogen) atoms. The summed E-state index contributed by atoms with van der Waals surface area (Å²) < 4.78 is 0. The fourth-order valence-electron chi connectivity index (χ4n) is 1.85. The largest absolute Gasteiger partial charge is 0.294 e. The molecule has 2 heteroatoms. The Kier molecular flexibility index (Phi) is 5.76. The summed E-state index contributed by atoms with van der Waals surface area (Å²) in [4.78, 5) is 15.9. The molecule has 0 aliphatic rings. The zero-order valence-corrected chi connectivity index (χ0v) is 10.3. The van der Waals surface area contributed by atoms with Gasteiger partial charge in [0.2, 0.25) is 0 Å². The minimum atomic E-state index is 0.232. The highest BCUT2D eigenvalue weighted by Crippen LogP contribution is 2.18. The van der Waals surface area contributed by atoms with Crippen molar-refractivity contribution in [1.29, 1.82) is 0 Å². The number of Topliss-reactive ketones (excluding diaryl/α,β-unsaturated/α-hetero) is 1. The summed E-state index contributed by atoms with van der Waals surface area (Å²) in [7, 11) is 0. The Labute approximate surface area is 98.1 Å². The predicted octanol–water partition coefficient (Wildman–Crippen LogP) is 3.87. The molecule has 0 saturated carbocycles. The predicted molar refractivity (Wildman–Crippen MR) is 66.5 cm³/mol. The number of ketones is 1. The number of hydrogen-bond donors (Lipinski definition) is 0. The maximum atomic E-state index is 11.9. The van der Waals surface area contributed by atoms with Crippen LogP contribution in [0.5, 0.6) is 0 Å². The topological polar surface area (TPSA) is 30.0 Å². The molecule has 0 aromatic carbocycles. The maximum absolute atomic E-state index is 11.9. The van der Waals surface area contributed by atoms with E-state index in [0.29, 0.717) is 12.3 Å². The zero-order valence-electron chi connectivity index (χ0n) is 10.3. The summed E-state index contributed by atoms with van der Waals surface area (Å²) in [5, 5.41) is 0. The van der Waals surface area contributed by atoms with E-state index in [1.807, 2.05) is 12.1 Å². The molecule has 0 amide bonds. The van der Waals surface area contributed by atoms with E-state index >= 15 is 0 Å². The van der Waals surface area contributed by atoms with Crippen molar-refractivity contribution in [2.24, 2.45) is 5.92 Å². The van der Waals surface area contributed by atoms with Gasteiger partial charge in [0.25, 0.3) is 0 Å². The van der Waals surface area contributed by atoms with Gasteiger partial charge in [-0.15, -0.1) is 0 Å². The van der Waals surface area contributed by atoms with E-state index < -0.39 is 0 Å². The Hall–Kier alpha value is -1.18. The molecule has 1 heterocycles. The minimum absolute atomic E-state index is 0.232. The Morgan fingerprint density at radius 1 is 1.44 bits per heavy atom. The molecule has 2 nitrogen and oxygen atoms in total. The van der Waals surface area contributed by atoms with Gasteiger partial charge in [0.15, 0.2) is 5.78 Å². The third-order valence-corrected chi connectivity index (χ3v) is 3.00. The highest BCUT2D eigenvalue weighted by Gasteiger charge is 2.13. The van der Waals surface area contributed by atoms with Crippen molar-refractivity contribution in [3.8, 4) is 0 Å². The second-order valence-corrected chi connectivity index (χ2v) is 4.29. The normalized spacial score (nSPS) is 12.4. The first-order valence-electron chi connectivity index (χ1n) is 6.21. The van der Waals surface area contributed by atoms with Gasteiger partial charge in [0.05, 0.1) is 0 Å². The smallest absolute Gasteiger partial charge is 0.164 e.